The second-order valence-electron chi connectivity index (χ2n) is 6.87. The van der Waals surface area contributed by atoms with Gasteiger partial charge in [-0.2, -0.15) is 0 Å². The smallest absolute Gasteiger partial charge is 0.224 e. The summed E-state index contributed by atoms with van der Waals surface area (Å²) < 4.78 is 0. The van der Waals surface area contributed by atoms with Crippen molar-refractivity contribution < 1.29 is 9.59 Å². The van der Waals surface area contributed by atoms with Crippen molar-refractivity contribution in [3.8, 4) is 0 Å². The van der Waals surface area contributed by atoms with Crippen molar-refractivity contribution in [3.63, 3.8) is 0 Å². The lowest BCUT2D eigenvalue weighted by Crippen LogP contribution is -2.43. The van der Waals surface area contributed by atoms with E-state index >= 15 is 0 Å². The molecule has 1 saturated heterocycles. The molecule has 138 valence electrons. The summed E-state index contributed by atoms with van der Waals surface area (Å²) in [7, 11) is 0. The molecule has 1 aliphatic heterocycles. The van der Waals surface area contributed by atoms with Gasteiger partial charge < -0.3 is 16.0 Å². The van der Waals surface area contributed by atoms with Crippen molar-refractivity contribution in [1.82, 2.24) is 10.2 Å². The van der Waals surface area contributed by atoms with Gasteiger partial charge in [0.2, 0.25) is 11.8 Å². The first-order valence-corrected chi connectivity index (χ1v) is 9.47. The average molecular weight is 345 g/mol. The molecule has 0 spiro atoms. The highest BCUT2D eigenvalue weighted by Crippen LogP contribution is 2.20. The summed E-state index contributed by atoms with van der Waals surface area (Å²) in [5.41, 5.74) is 7.13. The molecule has 5 nitrogen and oxygen atoms in total. The molecule has 1 unspecified atom stereocenters. The van der Waals surface area contributed by atoms with Crippen molar-refractivity contribution in [1.29, 1.82) is 0 Å². The topological polar surface area (TPSA) is 75.4 Å². The number of nitrogens with one attached hydrogen (secondary N) is 1. The maximum Gasteiger partial charge on any atom is 0.224 e. The Labute approximate surface area is 151 Å². The molecule has 0 bridgehead atoms. The summed E-state index contributed by atoms with van der Waals surface area (Å²) >= 11 is 0. The predicted octanol–water partition coefficient (Wildman–Crippen LogP) is 2.62. The fraction of sp³-hybridized carbons (Fsp3) is 0.600. The molecule has 1 aromatic rings. The normalized spacial score (nSPS) is 16.5. The second-order valence-corrected chi connectivity index (χ2v) is 6.87. The van der Waals surface area contributed by atoms with Crippen LogP contribution in [0.3, 0.4) is 0 Å². The minimum Gasteiger partial charge on any atom is -0.356 e. The molecule has 25 heavy (non-hydrogen) atoms. The van der Waals surface area contributed by atoms with Crippen LogP contribution in [0.2, 0.25) is 0 Å². The fourth-order valence-electron chi connectivity index (χ4n) is 3.26. The molecule has 0 radical (unpaired) electrons. The third-order valence-corrected chi connectivity index (χ3v) is 4.92. The minimum absolute atomic E-state index is 0.0356. The van der Waals surface area contributed by atoms with Gasteiger partial charge in [0.25, 0.3) is 0 Å². The summed E-state index contributed by atoms with van der Waals surface area (Å²) in [4.78, 5) is 26.5. The van der Waals surface area contributed by atoms with E-state index in [1.807, 2.05) is 35.2 Å². The van der Waals surface area contributed by atoms with Gasteiger partial charge in [-0.3, -0.25) is 9.59 Å². The first-order chi connectivity index (χ1) is 12.1. The van der Waals surface area contributed by atoms with Crippen LogP contribution in [-0.2, 0) is 9.59 Å². The maximum atomic E-state index is 12.4. The Hall–Kier alpha value is -1.88. The Bertz CT molecular complexity index is 539. The summed E-state index contributed by atoms with van der Waals surface area (Å²) in [5, 5.41) is 3.02. The van der Waals surface area contributed by atoms with Gasteiger partial charge in [0.15, 0.2) is 0 Å². The fourth-order valence-corrected chi connectivity index (χ4v) is 3.26. The predicted molar refractivity (Wildman–Crippen MR) is 99.8 cm³/mol. The second kappa shape index (κ2) is 10.2. The summed E-state index contributed by atoms with van der Waals surface area (Å²) in [6, 6.07) is 9.44. The number of amides is 2. The molecule has 1 aromatic carbocycles. The van der Waals surface area contributed by atoms with E-state index in [1.165, 1.54) is 0 Å². The molecule has 2 rings (SSSR count). The molecule has 5 heteroatoms. The van der Waals surface area contributed by atoms with Crippen molar-refractivity contribution in [2.75, 3.05) is 19.6 Å². The van der Waals surface area contributed by atoms with Gasteiger partial charge in [-0.25, -0.2) is 0 Å². The van der Waals surface area contributed by atoms with E-state index < -0.39 is 0 Å². The molecule has 3 N–H and O–H groups in total. The first kappa shape index (κ1) is 19.4. The molecule has 0 aromatic heterocycles. The summed E-state index contributed by atoms with van der Waals surface area (Å²) in [6.45, 7) is 4.21. The molecular weight excluding hydrogens is 314 g/mol. The van der Waals surface area contributed by atoms with Crippen molar-refractivity contribution >= 4 is 11.8 Å². The lowest BCUT2D eigenvalue weighted by Gasteiger charge is -2.32. The van der Waals surface area contributed by atoms with Crippen LogP contribution in [0.4, 0.5) is 0 Å². The largest absolute Gasteiger partial charge is 0.356 e. The van der Waals surface area contributed by atoms with Crippen LogP contribution in [0.15, 0.2) is 30.3 Å². The number of nitrogens with zero attached hydrogens (tertiary/aromatic N) is 1. The molecule has 0 saturated carbocycles. The molecule has 1 aliphatic rings. The van der Waals surface area contributed by atoms with Gasteiger partial charge in [-0.05, 0) is 24.8 Å². The zero-order valence-electron chi connectivity index (χ0n) is 15.2. The van der Waals surface area contributed by atoms with Crippen LogP contribution < -0.4 is 11.1 Å². The van der Waals surface area contributed by atoms with Gasteiger partial charge in [0.05, 0.1) is 0 Å². The Morgan fingerprint density at radius 2 is 1.88 bits per heavy atom. The van der Waals surface area contributed by atoms with E-state index in [9.17, 15) is 9.59 Å². The van der Waals surface area contributed by atoms with E-state index in [4.69, 9.17) is 5.73 Å². The van der Waals surface area contributed by atoms with Crippen LogP contribution in [-0.4, -0.2) is 36.3 Å². The number of hydrogen-bond acceptors (Lipinski definition) is 3. The lowest BCUT2D eigenvalue weighted by molar-refractivity contribution is -0.135. The monoisotopic (exact) mass is 345 g/mol. The molecule has 1 fully saturated rings. The maximum absolute atomic E-state index is 12.4. The lowest BCUT2D eigenvalue weighted by atomic mass is 9.95. The number of nitrogens with two attached hydrogens (primary N) is 1. The van der Waals surface area contributed by atoms with Crippen LogP contribution in [0.25, 0.3) is 0 Å². The first-order valence-electron chi connectivity index (χ1n) is 9.47. The van der Waals surface area contributed by atoms with Crippen LogP contribution >= 0.6 is 0 Å². The van der Waals surface area contributed by atoms with Crippen LogP contribution in [0.1, 0.15) is 57.1 Å². The van der Waals surface area contributed by atoms with Crippen molar-refractivity contribution in [2.24, 2.45) is 11.7 Å². The third kappa shape index (κ3) is 6.16. The van der Waals surface area contributed by atoms with Crippen molar-refractivity contribution in [2.45, 2.75) is 51.5 Å². The minimum atomic E-state index is -0.270. The molecule has 2 amide bonds. The quantitative estimate of drug-likeness (QED) is 0.711. The van der Waals surface area contributed by atoms with E-state index in [0.29, 0.717) is 19.5 Å². The number of benzene rings is 1. The highest BCUT2D eigenvalue weighted by molar-refractivity contribution is 5.80. The zero-order chi connectivity index (χ0) is 18.1. The van der Waals surface area contributed by atoms with Crippen LogP contribution in [0.5, 0.6) is 0 Å². The molecule has 0 aliphatic carbocycles. The third-order valence-electron chi connectivity index (χ3n) is 4.92. The highest BCUT2D eigenvalue weighted by Gasteiger charge is 2.27. The van der Waals surface area contributed by atoms with Gasteiger partial charge in [-0.1, -0.05) is 50.1 Å². The van der Waals surface area contributed by atoms with E-state index in [0.717, 1.165) is 44.2 Å². The molecule has 1 heterocycles. The number of carbonyl (C=O) groups excluding carboxylic acids is 2. The zero-order valence-corrected chi connectivity index (χ0v) is 15.2. The van der Waals surface area contributed by atoms with Crippen molar-refractivity contribution in [3.05, 3.63) is 35.9 Å². The van der Waals surface area contributed by atoms with E-state index in [1.54, 1.807) is 0 Å². The van der Waals surface area contributed by atoms with E-state index in [2.05, 4.69) is 12.2 Å². The van der Waals surface area contributed by atoms with Crippen LogP contribution in [0, 0.1) is 5.92 Å². The number of unbranched alkanes of at least 4 members (excludes halogenated alkanes) is 2. The highest BCUT2D eigenvalue weighted by atomic mass is 16.2. The van der Waals surface area contributed by atoms with Gasteiger partial charge >= 0.3 is 0 Å². The molecule has 1 atom stereocenters. The SMILES string of the molecule is CCCCCNC(=O)C1CCN(C(=O)CC(N)c2ccccc2)CC1. The summed E-state index contributed by atoms with van der Waals surface area (Å²) in [5.74, 6) is 0.260. The standard InChI is InChI=1S/C20H31N3O2/c1-2-3-7-12-22-20(25)17-10-13-23(14-11-17)19(24)15-18(21)16-8-5-4-6-9-16/h4-6,8-9,17-18H,2-3,7,10-15,21H2,1H3,(H,22,25). The Morgan fingerprint density at radius 1 is 1.20 bits per heavy atom. The number of likely N-dealkylation sites (tertiary alicyclic amines) is 1. The molecular formula is C20H31N3O2. The van der Waals surface area contributed by atoms with Gasteiger partial charge in [0, 0.05) is 38.0 Å². The Balaban J connectivity index is 1.72. The van der Waals surface area contributed by atoms with Gasteiger partial charge in [0.1, 0.15) is 0 Å². The Kier molecular flexibility index (Phi) is 7.92. The average Bonchev–Trinajstić information content (AvgIpc) is 2.66. The number of piperidine rings is 1. The van der Waals surface area contributed by atoms with E-state index in [-0.39, 0.29) is 23.8 Å². The number of carbonyl (C=O) groups is 2. The Morgan fingerprint density at radius 3 is 2.52 bits per heavy atom. The number of rotatable bonds is 8. The van der Waals surface area contributed by atoms with Gasteiger partial charge in [-0.15, -0.1) is 0 Å². The number of hydrogen-bond donors (Lipinski definition) is 2. The summed E-state index contributed by atoms with van der Waals surface area (Å²) in [6.07, 6.45) is 5.14.